The minimum absolute atomic E-state index is 0.289. The average molecular weight is 539 g/mol. The molecule has 0 aliphatic heterocycles. The summed E-state index contributed by atoms with van der Waals surface area (Å²) in [6.45, 7) is 6.92. The summed E-state index contributed by atoms with van der Waals surface area (Å²) in [6, 6.07) is 0. The van der Waals surface area contributed by atoms with Gasteiger partial charge in [-0.2, -0.15) is 0 Å². The second kappa shape index (κ2) is 29.4. The number of unbranched alkanes of at least 4 members (excludes halogenated alkanes) is 26. The Morgan fingerprint density at radius 3 is 0.842 bits per heavy atom. The van der Waals surface area contributed by atoms with Crippen LogP contribution in [-0.4, -0.2) is 42.2 Å². The maximum atomic E-state index is 11.5. The Hall–Kier alpha value is -0.570. The number of carboxylic acids is 1. The first-order valence-corrected chi connectivity index (χ1v) is 17.6. The highest BCUT2D eigenvalue weighted by molar-refractivity contribution is 5.67. The highest BCUT2D eigenvalue weighted by Gasteiger charge is 2.24. The number of rotatable bonds is 32. The summed E-state index contributed by atoms with van der Waals surface area (Å²) < 4.78 is 0.728. The van der Waals surface area contributed by atoms with Gasteiger partial charge in [-0.3, -0.25) is 0 Å². The van der Waals surface area contributed by atoms with Crippen molar-refractivity contribution in [3.63, 3.8) is 0 Å². The third kappa shape index (κ3) is 28.4. The van der Waals surface area contributed by atoms with E-state index in [4.69, 9.17) is 0 Å². The van der Waals surface area contributed by atoms with Crippen molar-refractivity contribution >= 4 is 5.97 Å². The van der Waals surface area contributed by atoms with Gasteiger partial charge < -0.3 is 9.59 Å². The number of hydrogen-bond acceptors (Lipinski definition) is 1. The first-order chi connectivity index (χ1) is 18.5. The zero-order chi connectivity index (χ0) is 28.0. The molecule has 0 rings (SSSR count). The summed E-state index contributed by atoms with van der Waals surface area (Å²) in [5, 5.41) is 9.46. The molecule has 0 aromatic rings. The van der Waals surface area contributed by atoms with Gasteiger partial charge in [-0.25, -0.2) is 4.79 Å². The van der Waals surface area contributed by atoms with Crippen molar-refractivity contribution in [2.75, 3.05) is 26.7 Å². The number of carboxylic acid groups (broad SMARTS) is 1. The Morgan fingerprint density at radius 1 is 0.421 bits per heavy atom. The number of nitrogens with zero attached hydrogens (tertiary/aromatic N) is 1. The molecule has 0 bridgehead atoms. The Bertz CT molecular complexity index is 447. The molecule has 0 fully saturated rings. The van der Waals surface area contributed by atoms with Gasteiger partial charge in [0.05, 0.1) is 20.1 Å². The summed E-state index contributed by atoms with van der Waals surface area (Å²) in [5.74, 6) is -0.636. The van der Waals surface area contributed by atoms with Crippen LogP contribution in [-0.2, 0) is 4.79 Å². The van der Waals surface area contributed by atoms with Crippen LogP contribution in [0.4, 0.5) is 0 Å². The molecule has 0 atom stereocenters. The zero-order valence-electron chi connectivity index (χ0n) is 26.7. The quantitative estimate of drug-likeness (QED) is 0.0683. The van der Waals surface area contributed by atoms with E-state index in [2.05, 4.69) is 20.9 Å². The van der Waals surface area contributed by atoms with Crippen LogP contribution in [0.25, 0.3) is 0 Å². The van der Waals surface area contributed by atoms with Crippen LogP contribution >= 0.6 is 0 Å². The molecule has 38 heavy (non-hydrogen) atoms. The van der Waals surface area contributed by atoms with Gasteiger partial charge in [0, 0.05) is 0 Å². The van der Waals surface area contributed by atoms with E-state index in [9.17, 15) is 9.90 Å². The van der Waals surface area contributed by atoms with Crippen molar-refractivity contribution in [2.45, 2.75) is 194 Å². The summed E-state index contributed by atoms with van der Waals surface area (Å²) in [7, 11) is 2.18. The molecule has 0 unspecified atom stereocenters. The molecule has 0 aliphatic rings. The molecule has 0 aromatic carbocycles. The van der Waals surface area contributed by atoms with Gasteiger partial charge in [0.1, 0.15) is 0 Å². The van der Waals surface area contributed by atoms with Crippen molar-refractivity contribution in [1.29, 1.82) is 0 Å². The highest BCUT2D eigenvalue weighted by atomic mass is 16.4. The number of aliphatic carboxylic acids is 1. The molecule has 0 radical (unpaired) electrons. The van der Waals surface area contributed by atoms with Crippen LogP contribution in [0.5, 0.6) is 0 Å². The number of hydrogen-bond donors (Lipinski definition) is 1. The molecule has 0 saturated heterocycles. The summed E-state index contributed by atoms with van der Waals surface area (Å²) in [6.07, 6.45) is 38.5. The van der Waals surface area contributed by atoms with Gasteiger partial charge in [-0.1, -0.05) is 168 Å². The fourth-order valence-electron chi connectivity index (χ4n) is 5.97. The van der Waals surface area contributed by atoms with E-state index in [-0.39, 0.29) is 6.54 Å². The summed E-state index contributed by atoms with van der Waals surface area (Å²) in [5.41, 5.74) is 0. The molecule has 3 nitrogen and oxygen atoms in total. The predicted octanol–water partition coefficient (Wildman–Crippen LogP) is 11.5. The number of carbonyl (C=O) groups is 1. The molecule has 228 valence electrons. The summed E-state index contributed by atoms with van der Waals surface area (Å²) in [4.78, 5) is 11.5. The second-order valence-corrected chi connectivity index (χ2v) is 12.8. The van der Waals surface area contributed by atoms with Crippen LogP contribution in [0.3, 0.4) is 0 Å². The number of likely N-dealkylation sites (N-methyl/N-ethyl adjacent to an activating group) is 1. The lowest BCUT2D eigenvalue weighted by Gasteiger charge is -2.33. The average Bonchev–Trinajstić information content (AvgIpc) is 2.88. The molecule has 0 aliphatic carbocycles. The van der Waals surface area contributed by atoms with Gasteiger partial charge in [0.15, 0.2) is 6.54 Å². The fourth-order valence-corrected chi connectivity index (χ4v) is 5.97. The van der Waals surface area contributed by atoms with Crippen LogP contribution in [0.1, 0.15) is 194 Å². The fraction of sp³-hybridized carbons (Fsp3) is 0.971. The maximum Gasteiger partial charge on any atom is 0.359 e. The smallest absolute Gasteiger partial charge is 0.359 e. The van der Waals surface area contributed by atoms with Crippen molar-refractivity contribution in [1.82, 2.24) is 0 Å². The van der Waals surface area contributed by atoms with E-state index in [1.54, 1.807) is 0 Å². The van der Waals surface area contributed by atoms with Crippen LogP contribution < -0.4 is 0 Å². The maximum absolute atomic E-state index is 11.5. The van der Waals surface area contributed by atoms with Crippen LogP contribution in [0.15, 0.2) is 0 Å². The Kier molecular flexibility index (Phi) is 29.0. The topological polar surface area (TPSA) is 37.3 Å². The second-order valence-electron chi connectivity index (χ2n) is 12.8. The van der Waals surface area contributed by atoms with Gasteiger partial charge in [0.2, 0.25) is 0 Å². The standard InChI is InChI=1S/C35H71NO2/c1-4-6-8-10-12-14-16-18-20-22-24-26-28-30-32-36(3,34-35(37)38)33-31-29-27-25-23-21-19-17-15-13-11-9-7-5-2/h4-34H2,1-3H3/p+1. The lowest BCUT2D eigenvalue weighted by molar-refractivity contribution is -0.903. The van der Waals surface area contributed by atoms with Crippen LogP contribution in [0.2, 0.25) is 0 Å². The first-order valence-electron chi connectivity index (χ1n) is 17.6. The minimum Gasteiger partial charge on any atom is -0.477 e. The first kappa shape index (κ1) is 37.4. The molecule has 0 aromatic heterocycles. The molecule has 1 N–H and O–H groups in total. The zero-order valence-corrected chi connectivity index (χ0v) is 26.7. The molecule has 3 heteroatoms. The third-order valence-corrected chi connectivity index (χ3v) is 8.62. The number of quaternary nitrogens is 1. The molecule has 0 amide bonds. The van der Waals surface area contributed by atoms with E-state index >= 15 is 0 Å². The highest BCUT2D eigenvalue weighted by Crippen LogP contribution is 2.16. The van der Waals surface area contributed by atoms with E-state index in [1.807, 2.05) is 0 Å². The summed E-state index contributed by atoms with van der Waals surface area (Å²) >= 11 is 0. The minimum atomic E-state index is -0.636. The third-order valence-electron chi connectivity index (χ3n) is 8.62. The largest absolute Gasteiger partial charge is 0.477 e. The Balaban J connectivity index is 3.65. The Morgan fingerprint density at radius 2 is 0.632 bits per heavy atom. The lowest BCUT2D eigenvalue weighted by Crippen LogP contribution is -2.49. The SMILES string of the molecule is CCCCCCCCCCCCCCCC[N+](C)(CCCCCCCCCCCCCCCC)CC(=O)O. The molecular formula is C35H72NO2+. The van der Waals surface area contributed by atoms with Crippen LogP contribution in [0, 0.1) is 0 Å². The van der Waals surface area contributed by atoms with Crippen molar-refractivity contribution in [2.24, 2.45) is 0 Å². The van der Waals surface area contributed by atoms with E-state index < -0.39 is 5.97 Å². The van der Waals surface area contributed by atoms with E-state index in [1.165, 1.54) is 180 Å². The lowest BCUT2D eigenvalue weighted by atomic mass is 10.0. The van der Waals surface area contributed by atoms with Gasteiger partial charge >= 0.3 is 5.97 Å². The van der Waals surface area contributed by atoms with Gasteiger partial charge in [-0.05, 0) is 25.7 Å². The van der Waals surface area contributed by atoms with Gasteiger partial charge in [0.25, 0.3) is 0 Å². The monoisotopic (exact) mass is 539 g/mol. The normalized spacial score (nSPS) is 11.9. The Labute approximate surface area is 240 Å². The van der Waals surface area contributed by atoms with Crippen molar-refractivity contribution < 1.29 is 14.4 Å². The van der Waals surface area contributed by atoms with E-state index in [0.717, 1.165) is 17.6 Å². The van der Waals surface area contributed by atoms with Gasteiger partial charge in [-0.15, -0.1) is 0 Å². The van der Waals surface area contributed by atoms with Crippen molar-refractivity contribution in [3.05, 3.63) is 0 Å². The molecule has 0 saturated carbocycles. The molecule has 0 spiro atoms. The molecule has 0 heterocycles. The van der Waals surface area contributed by atoms with Crippen molar-refractivity contribution in [3.8, 4) is 0 Å². The molecular weight excluding hydrogens is 466 g/mol. The predicted molar refractivity (Wildman–Crippen MR) is 169 cm³/mol. The van der Waals surface area contributed by atoms with E-state index in [0.29, 0.717) is 0 Å².